The molecule has 20 heavy (non-hydrogen) atoms. The van der Waals surface area contributed by atoms with Crippen molar-refractivity contribution in [2.45, 2.75) is 6.92 Å². The molecule has 0 atom stereocenters. The van der Waals surface area contributed by atoms with E-state index in [0.717, 1.165) is 11.8 Å². The number of carbonyl (C=O) groups is 3. The van der Waals surface area contributed by atoms with Gasteiger partial charge in [0.2, 0.25) is 5.91 Å². The number of nitrogens with one attached hydrogen (secondary N) is 1. The maximum absolute atomic E-state index is 11.6. The van der Waals surface area contributed by atoms with E-state index in [2.05, 4.69) is 5.32 Å². The second kappa shape index (κ2) is 8.21. The van der Waals surface area contributed by atoms with E-state index < -0.39 is 5.97 Å². The van der Waals surface area contributed by atoms with Gasteiger partial charge in [0.05, 0.1) is 23.7 Å². The number of hydrogen-bond acceptors (Lipinski definition) is 5. The molecular formula is C13H15NO5S. The summed E-state index contributed by atoms with van der Waals surface area (Å²) in [6.07, 6.45) is 0. The van der Waals surface area contributed by atoms with E-state index in [0.29, 0.717) is 12.3 Å². The number of rotatable bonds is 7. The van der Waals surface area contributed by atoms with Crippen LogP contribution in [-0.2, 0) is 14.3 Å². The van der Waals surface area contributed by atoms with Crippen LogP contribution in [0, 0.1) is 0 Å². The van der Waals surface area contributed by atoms with Gasteiger partial charge in [0.15, 0.2) is 0 Å². The first-order chi connectivity index (χ1) is 9.52. The van der Waals surface area contributed by atoms with Crippen molar-refractivity contribution in [3.8, 4) is 0 Å². The molecule has 0 saturated heterocycles. The molecule has 2 N–H and O–H groups in total. The van der Waals surface area contributed by atoms with Gasteiger partial charge in [-0.25, -0.2) is 4.79 Å². The quantitative estimate of drug-likeness (QED) is 0.743. The van der Waals surface area contributed by atoms with E-state index in [-0.39, 0.29) is 28.9 Å². The average Bonchev–Trinajstić information content (AvgIpc) is 2.39. The summed E-state index contributed by atoms with van der Waals surface area (Å²) < 4.78 is 4.73. The lowest BCUT2D eigenvalue weighted by atomic mass is 10.2. The third-order valence-electron chi connectivity index (χ3n) is 2.17. The first kappa shape index (κ1) is 16.0. The van der Waals surface area contributed by atoms with Crippen LogP contribution in [0.1, 0.15) is 17.3 Å². The number of ether oxygens (including phenoxy) is 1. The highest BCUT2D eigenvalue weighted by atomic mass is 32.2. The molecule has 0 aliphatic rings. The Morgan fingerprint density at radius 2 is 1.85 bits per heavy atom. The molecule has 0 aliphatic heterocycles. The number of carboxylic acids is 1. The molecule has 0 spiro atoms. The molecule has 1 amide bonds. The Bertz CT molecular complexity index is 486. The van der Waals surface area contributed by atoms with E-state index >= 15 is 0 Å². The molecule has 7 heteroatoms. The van der Waals surface area contributed by atoms with Gasteiger partial charge in [0.25, 0.3) is 0 Å². The van der Waals surface area contributed by atoms with Gasteiger partial charge in [0, 0.05) is 5.69 Å². The first-order valence-electron chi connectivity index (χ1n) is 5.89. The maximum atomic E-state index is 11.6. The SMILES string of the molecule is CCOC(=O)CSCC(=O)Nc1ccc(C(=O)O)cc1. The molecule has 0 bridgehead atoms. The summed E-state index contributed by atoms with van der Waals surface area (Å²) in [6, 6.07) is 5.84. The van der Waals surface area contributed by atoms with E-state index in [1.54, 1.807) is 6.92 Å². The molecular weight excluding hydrogens is 282 g/mol. The Morgan fingerprint density at radius 1 is 1.20 bits per heavy atom. The molecule has 1 aromatic rings. The minimum atomic E-state index is -1.02. The summed E-state index contributed by atoms with van der Waals surface area (Å²) >= 11 is 1.16. The largest absolute Gasteiger partial charge is 0.478 e. The number of carbonyl (C=O) groups excluding carboxylic acids is 2. The van der Waals surface area contributed by atoms with Crippen molar-refractivity contribution in [2.75, 3.05) is 23.4 Å². The zero-order valence-corrected chi connectivity index (χ0v) is 11.7. The topological polar surface area (TPSA) is 92.7 Å². The van der Waals surface area contributed by atoms with Crippen LogP contribution in [0.3, 0.4) is 0 Å². The second-order valence-corrected chi connectivity index (χ2v) is 4.71. The Labute approximate surface area is 120 Å². The Kier molecular flexibility index (Phi) is 6.58. The summed E-state index contributed by atoms with van der Waals surface area (Å²) in [5, 5.41) is 11.3. The number of carboxylic acid groups (broad SMARTS) is 1. The van der Waals surface area contributed by atoms with Crippen LogP contribution in [0.25, 0.3) is 0 Å². The van der Waals surface area contributed by atoms with Crippen LogP contribution in [0.4, 0.5) is 5.69 Å². The van der Waals surface area contributed by atoms with Crippen molar-refractivity contribution in [3.05, 3.63) is 29.8 Å². The molecule has 108 valence electrons. The number of aromatic carboxylic acids is 1. The third kappa shape index (κ3) is 5.75. The lowest BCUT2D eigenvalue weighted by Crippen LogP contribution is -2.16. The number of esters is 1. The van der Waals surface area contributed by atoms with Crippen LogP contribution in [0.5, 0.6) is 0 Å². The zero-order valence-electron chi connectivity index (χ0n) is 10.9. The molecule has 0 unspecified atom stereocenters. The van der Waals surface area contributed by atoms with Gasteiger partial charge < -0.3 is 15.2 Å². The second-order valence-electron chi connectivity index (χ2n) is 3.73. The fourth-order valence-electron chi connectivity index (χ4n) is 1.32. The summed E-state index contributed by atoms with van der Waals surface area (Å²) in [5.41, 5.74) is 0.663. The summed E-state index contributed by atoms with van der Waals surface area (Å²) in [7, 11) is 0. The van der Waals surface area contributed by atoms with Gasteiger partial charge in [0.1, 0.15) is 0 Å². The molecule has 0 fully saturated rings. The third-order valence-corrected chi connectivity index (χ3v) is 3.08. The summed E-state index contributed by atoms with van der Waals surface area (Å²) in [6.45, 7) is 2.04. The van der Waals surface area contributed by atoms with E-state index in [1.807, 2.05) is 0 Å². The minimum Gasteiger partial charge on any atom is -0.478 e. The Hall–Kier alpha value is -2.02. The van der Waals surface area contributed by atoms with E-state index in [4.69, 9.17) is 9.84 Å². The molecule has 0 radical (unpaired) electrons. The van der Waals surface area contributed by atoms with Crippen molar-refractivity contribution < 1.29 is 24.2 Å². The van der Waals surface area contributed by atoms with Crippen LogP contribution in [0.15, 0.2) is 24.3 Å². The smallest absolute Gasteiger partial charge is 0.335 e. The standard InChI is InChI=1S/C13H15NO5S/c1-2-19-12(16)8-20-7-11(15)14-10-5-3-9(4-6-10)13(17)18/h3-6H,2,7-8H2,1H3,(H,14,15)(H,17,18). The van der Waals surface area contributed by atoms with E-state index in [1.165, 1.54) is 24.3 Å². The lowest BCUT2D eigenvalue weighted by Gasteiger charge is -2.05. The van der Waals surface area contributed by atoms with Crippen molar-refractivity contribution in [2.24, 2.45) is 0 Å². The molecule has 0 aliphatic carbocycles. The fraction of sp³-hybridized carbons (Fsp3) is 0.308. The number of anilines is 1. The number of hydrogen-bond donors (Lipinski definition) is 2. The van der Waals surface area contributed by atoms with Gasteiger partial charge in [-0.3, -0.25) is 9.59 Å². The van der Waals surface area contributed by atoms with Gasteiger partial charge in [-0.1, -0.05) is 0 Å². The van der Waals surface area contributed by atoms with Gasteiger partial charge in [-0.2, -0.15) is 0 Å². The molecule has 0 saturated carbocycles. The maximum Gasteiger partial charge on any atom is 0.335 e. The number of benzene rings is 1. The van der Waals surface area contributed by atoms with Gasteiger partial charge in [-0.05, 0) is 31.2 Å². The lowest BCUT2D eigenvalue weighted by molar-refractivity contribution is -0.139. The first-order valence-corrected chi connectivity index (χ1v) is 7.05. The van der Waals surface area contributed by atoms with Crippen molar-refractivity contribution >= 4 is 35.3 Å². The molecule has 6 nitrogen and oxygen atoms in total. The van der Waals surface area contributed by atoms with E-state index in [9.17, 15) is 14.4 Å². The average molecular weight is 297 g/mol. The molecule has 1 aromatic carbocycles. The normalized spacial score (nSPS) is 9.85. The van der Waals surface area contributed by atoms with Crippen molar-refractivity contribution in [1.29, 1.82) is 0 Å². The predicted molar refractivity (Wildman–Crippen MR) is 76.0 cm³/mol. The fourth-order valence-corrected chi connectivity index (χ4v) is 1.93. The molecule has 0 aromatic heterocycles. The summed E-state index contributed by atoms with van der Waals surface area (Å²) in [5.74, 6) is -1.38. The van der Waals surface area contributed by atoms with Crippen molar-refractivity contribution in [3.63, 3.8) is 0 Å². The zero-order chi connectivity index (χ0) is 15.0. The number of amides is 1. The summed E-state index contributed by atoms with van der Waals surface area (Å²) in [4.78, 5) is 33.3. The van der Waals surface area contributed by atoms with Gasteiger partial charge >= 0.3 is 11.9 Å². The van der Waals surface area contributed by atoms with Crippen LogP contribution in [-0.4, -0.2) is 41.1 Å². The van der Waals surface area contributed by atoms with Gasteiger partial charge in [-0.15, -0.1) is 11.8 Å². The Balaban J connectivity index is 2.35. The minimum absolute atomic E-state index is 0.124. The number of thioether (sulfide) groups is 1. The van der Waals surface area contributed by atoms with Crippen molar-refractivity contribution in [1.82, 2.24) is 0 Å². The van der Waals surface area contributed by atoms with Crippen LogP contribution >= 0.6 is 11.8 Å². The highest BCUT2D eigenvalue weighted by Crippen LogP contribution is 2.10. The van der Waals surface area contributed by atoms with Crippen LogP contribution < -0.4 is 5.32 Å². The highest BCUT2D eigenvalue weighted by molar-refractivity contribution is 8.00. The molecule has 0 heterocycles. The van der Waals surface area contributed by atoms with Crippen LogP contribution in [0.2, 0.25) is 0 Å². The Morgan fingerprint density at radius 3 is 2.40 bits per heavy atom. The molecule has 1 rings (SSSR count). The highest BCUT2D eigenvalue weighted by Gasteiger charge is 2.07. The monoisotopic (exact) mass is 297 g/mol. The predicted octanol–water partition coefficient (Wildman–Crippen LogP) is 1.62.